The maximum atomic E-state index is 10.9. The maximum absolute atomic E-state index is 10.9. The van der Waals surface area contributed by atoms with Crippen molar-refractivity contribution in [1.82, 2.24) is 4.57 Å². The highest BCUT2D eigenvalue weighted by molar-refractivity contribution is 5.85. The van der Waals surface area contributed by atoms with Crippen LogP contribution in [0.25, 0.3) is 10.9 Å². The van der Waals surface area contributed by atoms with Gasteiger partial charge in [0.15, 0.2) is 0 Å². The van der Waals surface area contributed by atoms with Crippen molar-refractivity contribution < 1.29 is 9.90 Å². The van der Waals surface area contributed by atoms with Crippen molar-refractivity contribution in [3.05, 3.63) is 35.5 Å². The van der Waals surface area contributed by atoms with Gasteiger partial charge in [0.2, 0.25) is 0 Å². The molecule has 0 amide bonds. The Morgan fingerprint density at radius 3 is 2.65 bits per heavy atom. The molecule has 1 N–H and O–H groups in total. The lowest BCUT2D eigenvalue weighted by Gasteiger charge is -2.09. The van der Waals surface area contributed by atoms with Gasteiger partial charge in [0.05, 0.1) is 5.92 Å². The number of carbonyl (C=O) groups is 1. The number of aliphatic carboxylic acids is 1. The van der Waals surface area contributed by atoms with E-state index in [4.69, 9.17) is 5.11 Å². The van der Waals surface area contributed by atoms with Gasteiger partial charge in [0, 0.05) is 30.1 Å². The summed E-state index contributed by atoms with van der Waals surface area (Å²) < 4.78 is 2.10. The minimum atomic E-state index is -0.741. The quantitative estimate of drug-likeness (QED) is 0.882. The number of hydrogen-bond acceptors (Lipinski definition) is 1. The second-order valence-electron chi connectivity index (χ2n) is 4.59. The van der Waals surface area contributed by atoms with Gasteiger partial charge in [-0.2, -0.15) is 0 Å². The van der Waals surface area contributed by atoms with E-state index in [-0.39, 0.29) is 5.92 Å². The molecule has 0 spiro atoms. The number of carboxylic acid groups (broad SMARTS) is 1. The first-order valence-corrected chi connectivity index (χ1v) is 5.78. The van der Waals surface area contributed by atoms with Crippen LogP contribution in [0.2, 0.25) is 0 Å². The Kier molecular flexibility index (Phi) is 2.92. The number of para-hydroxylation sites is 1. The molecule has 0 aliphatic carbocycles. The Bertz CT molecular complexity index is 530. The fraction of sp³-hybridized carbons (Fsp3) is 0.357. The fourth-order valence-corrected chi connectivity index (χ4v) is 2.30. The number of fused-ring (bicyclic) bond motifs is 1. The second-order valence-corrected chi connectivity index (χ2v) is 4.59. The lowest BCUT2D eigenvalue weighted by atomic mass is 10.0. The molecule has 1 aromatic carbocycles. The normalized spacial score (nSPS) is 12.9. The number of nitrogens with zero attached hydrogens (tertiary/aromatic N) is 1. The third-order valence-electron chi connectivity index (χ3n) is 3.43. The second kappa shape index (κ2) is 4.24. The fourth-order valence-electron chi connectivity index (χ4n) is 2.30. The molecule has 1 unspecified atom stereocenters. The molecular formula is C14H17NO2. The van der Waals surface area contributed by atoms with Gasteiger partial charge in [-0.3, -0.25) is 4.79 Å². The zero-order valence-corrected chi connectivity index (χ0v) is 10.4. The zero-order valence-electron chi connectivity index (χ0n) is 10.4. The van der Waals surface area contributed by atoms with Crippen molar-refractivity contribution in [3.63, 3.8) is 0 Å². The standard InChI is InChI=1S/C14H17NO2/c1-9(14(16)17)8-13-10(2)11-6-4-5-7-12(11)15(13)3/h4-7,9H,8H2,1-3H3,(H,16,17). The summed E-state index contributed by atoms with van der Waals surface area (Å²) in [6.07, 6.45) is 0.576. The van der Waals surface area contributed by atoms with E-state index in [2.05, 4.69) is 23.6 Å². The van der Waals surface area contributed by atoms with E-state index in [1.165, 1.54) is 10.9 Å². The molecule has 2 rings (SSSR count). The largest absolute Gasteiger partial charge is 0.481 e. The Hall–Kier alpha value is -1.77. The highest BCUT2D eigenvalue weighted by Gasteiger charge is 2.17. The third-order valence-corrected chi connectivity index (χ3v) is 3.43. The van der Waals surface area contributed by atoms with E-state index in [0.29, 0.717) is 6.42 Å². The summed E-state index contributed by atoms with van der Waals surface area (Å²) >= 11 is 0. The average molecular weight is 231 g/mol. The number of hydrogen-bond donors (Lipinski definition) is 1. The highest BCUT2D eigenvalue weighted by atomic mass is 16.4. The van der Waals surface area contributed by atoms with E-state index in [1.807, 2.05) is 19.2 Å². The summed E-state index contributed by atoms with van der Waals surface area (Å²) in [4.78, 5) is 10.9. The molecule has 2 aromatic rings. The van der Waals surface area contributed by atoms with Crippen LogP contribution < -0.4 is 0 Å². The van der Waals surface area contributed by atoms with E-state index in [9.17, 15) is 4.79 Å². The summed E-state index contributed by atoms with van der Waals surface area (Å²) in [5.41, 5.74) is 3.47. The van der Waals surface area contributed by atoms with Crippen molar-refractivity contribution in [2.75, 3.05) is 0 Å². The molecule has 1 aromatic heterocycles. The lowest BCUT2D eigenvalue weighted by Crippen LogP contribution is -2.14. The topological polar surface area (TPSA) is 42.2 Å². The van der Waals surface area contributed by atoms with E-state index >= 15 is 0 Å². The van der Waals surface area contributed by atoms with Gasteiger partial charge < -0.3 is 9.67 Å². The molecule has 0 saturated carbocycles. The predicted octanol–water partition coefficient (Wildman–Crippen LogP) is 2.75. The minimum Gasteiger partial charge on any atom is -0.481 e. The SMILES string of the molecule is Cc1c(CC(C)C(=O)O)n(C)c2ccccc12. The molecule has 0 aliphatic rings. The predicted molar refractivity (Wildman–Crippen MR) is 68.2 cm³/mol. The number of rotatable bonds is 3. The van der Waals surface area contributed by atoms with E-state index in [0.717, 1.165) is 11.2 Å². The molecule has 1 heterocycles. The highest BCUT2D eigenvalue weighted by Crippen LogP contribution is 2.26. The number of carboxylic acids is 1. The first-order chi connectivity index (χ1) is 8.02. The molecule has 0 aliphatic heterocycles. The molecule has 90 valence electrons. The van der Waals surface area contributed by atoms with E-state index < -0.39 is 5.97 Å². The van der Waals surface area contributed by atoms with Gasteiger partial charge in [0.25, 0.3) is 0 Å². The van der Waals surface area contributed by atoms with Crippen LogP contribution in [0.4, 0.5) is 0 Å². The van der Waals surface area contributed by atoms with Crippen LogP contribution in [0.3, 0.4) is 0 Å². The first kappa shape index (κ1) is 11.7. The summed E-state index contributed by atoms with van der Waals surface area (Å²) in [7, 11) is 2.00. The Labute approximate surface area is 101 Å². The number of aromatic nitrogens is 1. The monoisotopic (exact) mass is 231 g/mol. The van der Waals surface area contributed by atoms with Crippen molar-refractivity contribution >= 4 is 16.9 Å². The Balaban J connectivity index is 2.51. The smallest absolute Gasteiger partial charge is 0.306 e. The van der Waals surface area contributed by atoms with Crippen molar-refractivity contribution in [3.8, 4) is 0 Å². The maximum Gasteiger partial charge on any atom is 0.306 e. The summed E-state index contributed by atoms with van der Waals surface area (Å²) in [6.45, 7) is 3.81. The molecule has 0 bridgehead atoms. The van der Waals surface area contributed by atoms with Gasteiger partial charge in [-0.15, -0.1) is 0 Å². The van der Waals surface area contributed by atoms with Crippen molar-refractivity contribution in [2.24, 2.45) is 13.0 Å². The molecule has 0 saturated heterocycles. The molecule has 0 radical (unpaired) electrons. The summed E-state index contributed by atoms with van der Waals surface area (Å²) in [5.74, 6) is -1.09. The molecule has 1 atom stereocenters. The molecule has 17 heavy (non-hydrogen) atoms. The molecule has 0 fully saturated rings. The lowest BCUT2D eigenvalue weighted by molar-refractivity contribution is -0.141. The van der Waals surface area contributed by atoms with Crippen LogP contribution >= 0.6 is 0 Å². The van der Waals surface area contributed by atoms with Gasteiger partial charge in [-0.1, -0.05) is 25.1 Å². The third kappa shape index (κ3) is 1.93. The van der Waals surface area contributed by atoms with Gasteiger partial charge in [-0.05, 0) is 18.6 Å². The van der Waals surface area contributed by atoms with Crippen LogP contribution in [-0.2, 0) is 18.3 Å². The molecule has 3 nitrogen and oxygen atoms in total. The molecular weight excluding hydrogens is 214 g/mol. The molecule has 3 heteroatoms. The van der Waals surface area contributed by atoms with Crippen LogP contribution in [-0.4, -0.2) is 15.6 Å². The Morgan fingerprint density at radius 1 is 1.41 bits per heavy atom. The van der Waals surface area contributed by atoms with Crippen LogP contribution in [0.5, 0.6) is 0 Å². The van der Waals surface area contributed by atoms with Gasteiger partial charge in [-0.25, -0.2) is 0 Å². The van der Waals surface area contributed by atoms with Crippen molar-refractivity contribution in [2.45, 2.75) is 20.3 Å². The van der Waals surface area contributed by atoms with Gasteiger partial charge >= 0.3 is 5.97 Å². The average Bonchev–Trinajstić information content (AvgIpc) is 2.55. The van der Waals surface area contributed by atoms with Crippen LogP contribution in [0.15, 0.2) is 24.3 Å². The summed E-state index contributed by atoms with van der Waals surface area (Å²) in [6, 6.07) is 8.17. The first-order valence-electron chi connectivity index (χ1n) is 5.78. The van der Waals surface area contributed by atoms with Crippen molar-refractivity contribution in [1.29, 1.82) is 0 Å². The van der Waals surface area contributed by atoms with Crippen LogP contribution in [0.1, 0.15) is 18.2 Å². The zero-order chi connectivity index (χ0) is 12.6. The van der Waals surface area contributed by atoms with E-state index in [1.54, 1.807) is 6.92 Å². The van der Waals surface area contributed by atoms with Gasteiger partial charge in [0.1, 0.15) is 0 Å². The number of aryl methyl sites for hydroxylation is 2. The minimum absolute atomic E-state index is 0.350. The van der Waals surface area contributed by atoms with Crippen LogP contribution in [0, 0.1) is 12.8 Å². The number of benzene rings is 1. The Morgan fingerprint density at radius 2 is 2.06 bits per heavy atom. The summed E-state index contributed by atoms with van der Waals surface area (Å²) in [5, 5.41) is 10.2.